The SMILES string of the molecule is O=CN1CCCC1S(=O)(=O)c1ccccc1. The second-order valence-electron chi connectivity index (χ2n) is 3.80. The van der Waals surface area contributed by atoms with Crippen LogP contribution in [0, 0.1) is 0 Å². The van der Waals surface area contributed by atoms with Gasteiger partial charge in [-0.1, -0.05) is 18.2 Å². The molecule has 1 aliphatic rings. The molecule has 0 radical (unpaired) electrons. The molecular formula is C11H13NO3S. The molecule has 2 rings (SSSR count). The number of likely N-dealkylation sites (tertiary alicyclic amines) is 1. The number of nitrogens with zero attached hydrogens (tertiary/aromatic N) is 1. The van der Waals surface area contributed by atoms with Crippen molar-refractivity contribution in [3.8, 4) is 0 Å². The van der Waals surface area contributed by atoms with Gasteiger partial charge in [0.1, 0.15) is 5.37 Å². The molecule has 0 bridgehead atoms. The van der Waals surface area contributed by atoms with Gasteiger partial charge in [0.15, 0.2) is 9.84 Å². The lowest BCUT2D eigenvalue weighted by molar-refractivity contribution is -0.117. The van der Waals surface area contributed by atoms with Crippen molar-refractivity contribution in [2.24, 2.45) is 0 Å². The largest absolute Gasteiger partial charge is 0.328 e. The summed E-state index contributed by atoms with van der Waals surface area (Å²) in [5.74, 6) is 0. The third-order valence-corrected chi connectivity index (χ3v) is 4.95. The number of hydrogen-bond donors (Lipinski definition) is 0. The van der Waals surface area contributed by atoms with Crippen molar-refractivity contribution in [3.05, 3.63) is 30.3 Å². The fraction of sp³-hybridized carbons (Fsp3) is 0.364. The van der Waals surface area contributed by atoms with Gasteiger partial charge in [-0.3, -0.25) is 4.79 Å². The van der Waals surface area contributed by atoms with Crippen molar-refractivity contribution in [1.82, 2.24) is 4.90 Å². The number of sulfone groups is 1. The molecule has 16 heavy (non-hydrogen) atoms. The second kappa shape index (κ2) is 4.25. The molecule has 0 spiro atoms. The number of benzene rings is 1. The van der Waals surface area contributed by atoms with Crippen LogP contribution in [0.4, 0.5) is 0 Å². The van der Waals surface area contributed by atoms with Gasteiger partial charge in [-0.25, -0.2) is 8.42 Å². The summed E-state index contributed by atoms with van der Waals surface area (Å²) in [5.41, 5.74) is 0. The monoisotopic (exact) mass is 239 g/mol. The molecule has 0 N–H and O–H groups in total. The van der Waals surface area contributed by atoms with Crippen LogP contribution in [0.3, 0.4) is 0 Å². The molecule has 0 aromatic heterocycles. The first-order chi connectivity index (χ1) is 7.66. The second-order valence-corrected chi connectivity index (χ2v) is 5.90. The van der Waals surface area contributed by atoms with Crippen LogP contribution in [0.2, 0.25) is 0 Å². The van der Waals surface area contributed by atoms with E-state index in [4.69, 9.17) is 0 Å². The lowest BCUT2D eigenvalue weighted by atomic mass is 10.4. The van der Waals surface area contributed by atoms with E-state index in [-0.39, 0.29) is 4.90 Å². The Labute approximate surface area is 94.8 Å². The lowest BCUT2D eigenvalue weighted by Gasteiger charge is -2.19. The summed E-state index contributed by atoms with van der Waals surface area (Å²) >= 11 is 0. The highest BCUT2D eigenvalue weighted by Crippen LogP contribution is 2.26. The summed E-state index contributed by atoms with van der Waals surface area (Å²) in [7, 11) is -3.41. The van der Waals surface area contributed by atoms with Gasteiger partial charge >= 0.3 is 0 Å². The Hall–Kier alpha value is -1.36. The average Bonchev–Trinajstić information content (AvgIpc) is 2.79. The Balaban J connectivity index is 2.36. The Morgan fingerprint density at radius 1 is 1.25 bits per heavy atom. The normalized spacial score (nSPS) is 21.0. The number of carbonyl (C=O) groups excluding carboxylic acids is 1. The zero-order valence-electron chi connectivity index (χ0n) is 8.74. The Morgan fingerprint density at radius 3 is 2.56 bits per heavy atom. The average molecular weight is 239 g/mol. The number of hydrogen-bond acceptors (Lipinski definition) is 3. The van der Waals surface area contributed by atoms with Crippen LogP contribution >= 0.6 is 0 Å². The molecule has 0 aliphatic carbocycles. The predicted octanol–water partition coefficient (Wildman–Crippen LogP) is 1.04. The number of carbonyl (C=O) groups is 1. The van der Waals surface area contributed by atoms with Crippen LogP contribution in [-0.2, 0) is 14.6 Å². The zero-order valence-corrected chi connectivity index (χ0v) is 9.56. The minimum absolute atomic E-state index is 0.286. The third-order valence-electron chi connectivity index (χ3n) is 2.80. The highest BCUT2D eigenvalue weighted by molar-refractivity contribution is 7.92. The third kappa shape index (κ3) is 1.82. The predicted molar refractivity (Wildman–Crippen MR) is 59.4 cm³/mol. The van der Waals surface area contributed by atoms with Crippen molar-refractivity contribution in [1.29, 1.82) is 0 Å². The molecule has 0 saturated carbocycles. The first-order valence-corrected chi connectivity index (χ1v) is 6.71. The van der Waals surface area contributed by atoms with Crippen molar-refractivity contribution in [3.63, 3.8) is 0 Å². The summed E-state index contributed by atoms with van der Waals surface area (Å²) in [5, 5.41) is -0.688. The van der Waals surface area contributed by atoms with E-state index in [2.05, 4.69) is 0 Å². The number of amides is 1. The smallest absolute Gasteiger partial charge is 0.210 e. The van der Waals surface area contributed by atoms with Crippen molar-refractivity contribution in [2.75, 3.05) is 6.54 Å². The maximum absolute atomic E-state index is 12.2. The molecule has 1 aromatic carbocycles. The minimum Gasteiger partial charge on any atom is -0.328 e. The Kier molecular flexibility index (Phi) is 2.96. The quantitative estimate of drug-likeness (QED) is 0.740. The topological polar surface area (TPSA) is 54.5 Å². The Bertz CT molecular complexity index is 469. The van der Waals surface area contributed by atoms with Gasteiger partial charge in [0.25, 0.3) is 0 Å². The molecule has 1 fully saturated rings. The lowest BCUT2D eigenvalue weighted by Crippen LogP contribution is -2.34. The van der Waals surface area contributed by atoms with Gasteiger partial charge in [-0.2, -0.15) is 0 Å². The van der Waals surface area contributed by atoms with E-state index in [0.717, 1.165) is 6.42 Å². The molecule has 1 atom stereocenters. The summed E-state index contributed by atoms with van der Waals surface area (Å²) in [4.78, 5) is 12.4. The summed E-state index contributed by atoms with van der Waals surface area (Å²) in [6.45, 7) is 0.528. The maximum atomic E-state index is 12.2. The van der Waals surface area contributed by atoms with Crippen LogP contribution in [0.5, 0.6) is 0 Å². The molecule has 86 valence electrons. The van der Waals surface area contributed by atoms with Gasteiger partial charge in [-0.05, 0) is 25.0 Å². The van der Waals surface area contributed by atoms with Crippen LogP contribution in [-0.4, -0.2) is 31.6 Å². The van der Waals surface area contributed by atoms with Crippen LogP contribution in [0.15, 0.2) is 35.2 Å². The molecule has 4 nitrogen and oxygen atoms in total. The van der Waals surface area contributed by atoms with E-state index in [9.17, 15) is 13.2 Å². The van der Waals surface area contributed by atoms with Gasteiger partial charge in [0, 0.05) is 6.54 Å². The van der Waals surface area contributed by atoms with Gasteiger partial charge in [0.2, 0.25) is 6.41 Å². The molecular weight excluding hydrogens is 226 g/mol. The fourth-order valence-electron chi connectivity index (χ4n) is 1.98. The molecule has 1 amide bonds. The van der Waals surface area contributed by atoms with Crippen molar-refractivity contribution in [2.45, 2.75) is 23.1 Å². The van der Waals surface area contributed by atoms with Crippen LogP contribution < -0.4 is 0 Å². The fourth-order valence-corrected chi connectivity index (χ4v) is 3.82. The van der Waals surface area contributed by atoms with E-state index in [1.807, 2.05) is 0 Å². The Morgan fingerprint density at radius 2 is 1.94 bits per heavy atom. The van der Waals surface area contributed by atoms with Crippen molar-refractivity contribution < 1.29 is 13.2 Å². The van der Waals surface area contributed by atoms with Gasteiger partial charge in [-0.15, -0.1) is 0 Å². The molecule has 1 unspecified atom stereocenters. The van der Waals surface area contributed by atoms with Gasteiger partial charge in [0.05, 0.1) is 4.90 Å². The highest BCUT2D eigenvalue weighted by Gasteiger charge is 2.35. The van der Waals surface area contributed by atoms with Crippen LogP contribution in [0.1, 0.15) is 12.8 Å². The molecule has 1 saturated heterocycles. The van der Waals surface area contributed by atoms with Crippen molar-refractivity contribution >= 4 is 16.2 Å². The minimum atomic E-state index is -3.41. The van der Waals surface area contributed by atoms with E-state index in [1.54, 1.807) is 30.3 Å². The first-order valence-electron chi connectivity index (χ1n) is 5.16. The standard InChI is InChI=1S/C11H13NO3S/c13-9-12-8-4-7-11(12)16(14,15)10-5-2-1-3-6-10/h1-3,5-6,9,11H,4,7-8H2. The van der Waals surface area contributed by atoms with E-state index in [1.165, 1.54) is 4.90 Å². The summed E-state index contributed by atoms with van der Waals surface area (Å²) < 4.78 is 24.4. The highest BCUT2D eigenvalue weighted by atomic mass is 32.2. The first kappa shape index (κ1) is 11.1. The molecule has 1 aliphatic heterocycles. The summed E-state index contributed by atoms with van der Waals surface area (Å²) in [6, 6.07) is 8.28. The summed E-state index contributed by atoms with van der Waals surface area (Å²) in [6.07, 6.45) is 1.89. The van der Waals surface area contributed by atoms with E-state index < -0.39 is 15.2 Å². The van der Waals surface area contributed by atoms with E-state index >= 15 is 0 Å². The molecule has 1 heterocycles. The molecule has 1 aromatic rings. The molecule has 5 heteroatoms. The van der Waals surface area contributed by atoms with E-state index in [0.29, 0.717) is 19.4 Å². The maximum Gasteiger partial charge on any atom is 0.210 e. The zero-order chi connectivity index (χ0) is 11.6. The van der Waals surface area contributed by atoms with Gasteiger partial charge < -0.3 is 4.90 Å². The number of rotatable bonds is 3. The van der Waals surface area contributed by atoms with Crippen LogP contribution in [0.25, 0.3) is 0 Å².